The fraction of sp³-hybridized carbons (Fsp3) is 0.235. The van der Waals surface area contributed by atoms with Crippen LogP contribution in [-0.4, -0.2) is 42.0 Å². The van der Waals surface area contributed by atoms with E-state index in [1.165, 1.54) is 39.3 Å². The van der Waals surface area contributed by atoms with Crippen molar-refractivity contribution in [3.05, 3.63) is 52.0 Å². The van der Waals surface area contributed by atoms with Crippen molar-refractivity contribution < 1.29 is 34.1 Å². The first kappa shape index (κ1) is 17.3. The lowest BCUT2D eigenvalue weighted by molar-refractivity contribution is -0.121. The summed E-state index contributed by atoms with van der Waals surface area (Å²) >= 11 is 0. The predicted octanol–water partition coefficient (Wildman–Crippen LogP) is 1.61. The number of hydrogen-bond acceptors (Lipinski definition) is 6. The molecule has 0 unspecified atom stereocenters. The molecule has 126 valence electrons. The van der Waals surface area contributed by atoms with Crippen LogP contribution in [-0.2, 0) is 25.5 Å². The molecule has 0 amide bonds. The molecular formula is C17H16O7. The number of hydrogen-bond donors (Lipinski definition) is 2. The second kappa shape index (κ2) is 6.57. The highest BCUT2D eigenvalue weighted by atomic mass is 16.5. The van der Waals surface area contributed by atoms with Gasteiger partial charge in [-0.25, -0.2) is 4.79 Å². The first-order chi connectivity index (χ1) is 11.3. The molecule has 1 aromatic carbocycles. The molecular weight excluding hydrogens is 316 g/mol. The lowest BCUT2D eigenvalue weighted by Gasteiger charge is -2.20. The van der Waals surface area contributed by atoms with Crippen LogP contribution < -0.4 is 0 Å². The van der Waals surface area contributed by atoms with Crippen molar-refractivity contribution >= 4 is 17.5 Å². The lowest BCUT2D eigenvalue weighted by atomic mass is 9.88. The van der Waals surface area contributed by atoms with Gasteiger partial charge in [0.25, 0.3) is 0 Å². The molecule has 1 aliphatic rings. The molecule has 7 nitrogen and oxygen atoms in total. The summed E-state index contributed by atoms with van der Waals surface area (Å²) < 4.78 is 9.94. The van der Waals surface area contributed by atoms with E-state index in [0.717, 1.165) is 0 Å². The van der Waals surface area contributed by atoms with E-state index in [4.69, 9.17) is 14.6 Å². The average Bonchev–Trinajstić information content (AvgIpc) is 2.55. The summed E-state index contributed by atoms with van der Waals surface area (Å²) in [5, 5.41) is 18.6. The Bertz CT molecular complexity index is 799. The molecule has 0 bridgehead atoms. The van der Waals surface area contributed by atoms with E-state index in [1.807, 2.05) is 0 Å². The maximum atomic E-state index is 12.5. The van der Waals surface area contributed by atoms with Crippen molar-refractivity contribution in [3.63, 3.8) is 0 Å². The number of carboxylic acid groups (broad SMARTS) is 1. The number of allylic oxidation sites excluding steroid dienone is 2. The van der Waals surface area contributed by atoms with E-state index >= 15 is 0 Å². The number of benzene rings is 1. The number of aromatic hydroxyl groups is 1. The molecule has 0 saturated carbocycles. The molecule has 24 heavy (non-hydrogen) atoms. The van der Waals surface area contributed by atoms with E-state index in [-0.39, 0.29) is 40.4 Å². The minimum absolute atomic E-state index is 0.0286. The zero-order valence-electron chi connectivity index (χ0n) is 13.4. The fourth-order valence-corrected chi connectivity index (χ4v) is 2.47. The van der Waals surface area contributed by atoms with Gasteiger partial charge < -0.3 is 19.7 Å². The third-order valence-electron chi connectivity index (χ3n) is 3.77. The Labute approximate surface area is 137 Å². The van der Waals surface area contributed by atoms with Gasteiger partial charge in [0, 0.05) is 17.6 Å². The van der Waals surface area contributed by atoms with Crippen LogP contribution >= 0.6 is 0 Å². The third kappa shape index (κ3) is 2.88. The Balaban J connectivity index is 2.45. The average molecular weight is 332 g/mol. The van der Waals surface area contributed by atoms with Crippen LogP contribution in [0.2, 0.25) is 0 Å². The number of carbonyl (C=O) groups excluding carboxylic acids is 2. The first-order valence-corrected chi connectivity index (χ1v) is 6.98. The summed E-state index contributed by atoms with van der Waals surface area (Å²) in [4.78, 5) is 35.9. The Kier molecular flexibility index (Phi) is 4.73. The number of ketones is 2. The topological polar surface area (TPSA) is 110 Å². The van der Waals surface area contributed by atoms with Crippen LogP contribution in [0.15, 0.2) is 40.9 Å². The Morgan fingerprint density at radius 1 is 1.08 bits per heavy atom. The van der Waals surface area contributed by atoms with Crippen LogP contribution in [0.25, 0.3) is 0 Å². The van der Waals surface area contributed by atoms with E-state index < -0.39 is 17.5 Å². The van der Waals surface area contributed by atoms with Gasteiger partial charge in [-0.05, 0) is 24.6 Å². The summed E-state index contributed by atoms with van der Waals surface area (Å²) in [5.74, 6) is -2.94. The van der Waals surface area contributed by atoms with Crippen molar-refractivity contribution in [2.75, 3.05) is 14.2 Å². The summed E-state index contributed by atoms with van der Waals surface area (Å²) in [6.07, 6.45) is 0.0286. The van der Waals surface area contributed by atoms with Crippen molar-refractivity contribution in [1.29, 1.82) is 0 Å². The molecule has 0 spiro atoms. The molecule has 1 aliphatic carbocycles. The van der Waals surface area contributed by atoms with Gasteiger partial charge in [-0.3, -0.25) is 9.59 Å². The van der Waals surface area contributed by atoms with Crippen LogP contribution in [0, 0.1) is 0 Å². The predicted molar refractivity (Wildman–Crippen MR) is 82.5 cm³/mol. The number of rotatable bonds is 5. The number of methoxy groups -OCH3 is 2. The number of carboxylic acids is 1. The van der Waals surface area contributed by atoms with Crippen molar-refractivity contribution in [2.24, 2.45) is 0 Å². The number of ether oxygens (including phenoxy) is 2. The van der Waals surface area contributed by atoms with E-state index in [9.17, 15) is 19.5 Å². The van der Waals surface area contributed by atoms with E-state index in [0.29, 0.717) is 5.56 Å². The third-order valence-corrected chi connectivity index (χ3v) is 3.77. The minimum atomic E-state index is -1.29. The summed E-state index contributed by atoms with van der Waals surface area (Å²) in [5.41, 5.74) is 0.597. The fourth-order valence-electron chi connectivity index (χ4n) is 2.47. The highest BCUT2D eigenvalue weighted by molar-refractivity contribution is 6.23. The smallest absolute Gasteiger partial charge is 0.339 e. The van der Waals surface area contributed by atoms with Gasteiger partial charge in [0.2, 0.25) is 23.1 Å². The minimum Gasteiger partial charge on any atom is -0.507 e. The molecule has 0 aliphatic heterocycles. The molecule has 0 fully saturated rings. The number of phenols is 1. The number of aromatic carboxylic acids is 1. The second-order valence-corrected chi connectivity index (χ2v) is 5.16. The lowest BCUT2D eigenvalue weighted by Crippen LogP contribution is -2.26. The Morgan fingerprint density at radius 2 is 1.67 bits per heavy atom. The summed E-state index contributed by atoms with van der Waals surface area (Å²) in [6.45, 7) is 1.50. The molecule has 0 saturated heterocycles. The van der Waals surface area contributed by atoms with Crippen molar-refractivity contribution in [3.8, 4) is 5.75 Å². The van der Waals surface area contributed by atoms with Crippen molar-refractivity contribution in [2.45, 2.75) is 13.3 Å². The normalized spacial score (nSPS) is 15.0. The number of Topliss-reactive ketones (excluding diaryl/α,β-unsaturated/α-hetero) is 2. The largest absolute Gasteiger partial charge is 0.507 e. The van der Waals surface area contributed by atoms with Gasteiger partial charge in [-0.2, -0.15) is 0 Å². The highest BCUT2D eigenvalue weighted by Crippen LogP contribution is 2.29. The van der Waals surface area contributed by atoms with E-state index in [1.54, 1.807) is 0 Å². The van der Waals surface area contributed by atoms with Gasteiger partial charge in [-0.1, -0.05) is 6.07 Å². The standard InChI is InChI=1S/C17H16O7/c1-8-10(14(20)16(24-3)15(23-2)13(8)19)6-9-4-5-12(18)11(7-9)17(21)22/h4-5,7,18H,6H2,1-3H3,(H,21,22). The molecule has 0 aromatic heterocycles. The zero-order valence-corrected chi connectivity index (χ0v) is 13.4. The molecule has 0 atom stereocenters. The zero-order chi connectivity index (χ0) is 18.0. The van der Waals surface area contributed by atoms with Crippen LogP contribution in [0.1, 0.15) is 22.8 Å². The molecule has 7 heteroatoms. The number of carbonyl (C=O) groups is 3. The molecule has 2 rings (SSSR count). The molecule has 0 radical (unpaired) electrons. The first-order valence-electron chi connectivity index (χ1n) is 6.98. The van der Waals surface area contributed by atoms with Crippen LogP contribution in [0.5, 0.6) is 5.75 Å². The molecule has 1 aromatic rings. The molecule has 2 N–H and O–H groups in total. The van der Waals surface area contributed by atoms with Crippen LogP contribution in [0.4, 0.5) is 0 Å². The quantitative estimate of drug-likeness (QED) is 0.788. The monoisotopic (exact) mass is 332 g/mol. The van der Waals surface area contributed by atoms with Gasteiger partial charge in [-0.15, -0.1) is 0 Å². The highest BCUT2D eigenvalue weighted by Gasteiger charge is 2.34. The Hall–Kier alpha value is -3.09. The molecule has 0 heterocycles. The maximum absolute atomic E-state index is 12.5. The summed E-state index contributed by atoms with van der Waals surface area (Å²) in [6, 6.07) is 3.98. The Morgan fingerprint density at radius 3 is 2.21 bits per heavy atom. The SMILES string of the molecule is COC1=C(OC)C(=O)C(Cc2ccc(O)c(C(=O)O)c2)=C(C)C1=O. The van der Waals surface area contributed by atoms with Gasteiger partial charge in [0.05, 0.1) is 14.2 Å². The van der Waals surface area contributed by atoms with Gasteiger partial charge in [0.1, 0.15) is 11.3 Å². The van der Waals surface area contributed by atoms with Crippen LogP contribution in [0.3, 0.4) is 0 Å². The van der Waals surface area contributed by atoms with Gasteiger partial charge in [0.15, 0.2) is 0 Å². The van der Waals surface area contributed by atoms with Crippen molar-refractivity contribution in [1.82, 2.24) is 0 Å². The van der Waals surface area contributed by atoms with E-state index in [2.05, 4.69) is 0 Å². The maximum Gasteiger partial charge on any atom is 0.339 e. The van der Waals surface area contributed by atoms with Gasteiger partial charge >= 0.3 is 5.97 Å². The second-order valence-electron chi connectivity index (χ2n) is 5.16. The summed E-state index contributed by atoms with van der Waals surface area (Å²) in [7, 11) is 2.54.